The Bertz CT molecular complexity index is 681. The molecule has 3 nitrogen and oxygen atoms in total. The molecule has 2 aromatic carbocycles. The van der Waals surface area contributed by atoms with Crippen molar-refractivity contribution in [1.29, 1.82) is 0 Å². The summed E-state index contributed by atoms with van der Waals surface area (Å²) in [6.07, 6.45) is 0.404. The lowest BCUT2D eigenvalue weighted by molar-refractivity contribution is -0.115. The van der Waals surface area contributed by atoms with Crippen molar-refractivity contribution in [3.8, 4) is 5.75 Å². The molecule has 0 aliphatic rings. The highest BCUT2D eigenvalue weighted by Gasteiger charge is 2.07. The summed E-state index contributed by atoms with van der Waals surface area (Å²) in [5.41, 5.74) is 1.69. The van der Waals surface area contributed by atoms with Crippen LogP contribution in [-0.2, 0) is 10.5 Å². The van der Waals surface area contributed by atoms with Crippen LogP contribution in [0.3, 0.4) is 0 Å². The van der Waals surface area contributed by atoms with E-state index in [0.29, 0.717) is 23.6 Å². The average molecular weight is 398 g/mol. The average Bonchev–Trinajstić information content (AvgIpc) is 2.53. The zero-order valence-corrected chi connectivity index (χ0v) is 15.0. The van der Waals surface area contributed by atoms with Gasteiger partial charge in [0.25, 0.3) is 0 Å². The number of para-hydroxylation sites is 2. The first-order valence-electron chi connectivity index (χ1n) is 7.04. The molecule has 0 fully saturated rings. The first kappa shape index (κ1) is 17.8. The zero-order valence-electron chi connectivity index (χ0n) is 12.6. The number of benzene rings is 2. The number of nitrogens with one attached hydrogen (secondary N) is 1. The van der Waals surface area contributed by atoms with Crippen molar-refractivity contribution in [2.75, 3.05) is 18.2 Å². The van der Waals surface area contributed by atoms with Gasteiger partial charge in [0.05, 0.1) is 12.8 Å². The third kappa shape index (κ3) is 5.55. The molecular weight excluding hydrogens is 381 g/mol. The van der Waals surface area contributed by atoms with Gasteiger partial charge in [0.2, 0.25) is 5.91 Å². The molecule has 23 heavy (non-hydrogen) atoms. The molecule has 0 heterocycles. The Balaban J connectivity index is 1.76. The first-order chi connectivity index (χ1) is 11.1. The predicted octanol–water partition coefficient (Wildman–Crippen LogP) is 4.86. The van der Waals surface area contributed by atoms with E-state index in [2.05, 4.69) is 21.2 Å². The Hall–Kier alpha value is -1.53. The van der Waals surface area contributed by atoms with Gasteiger partial charge in [-0.05, 0) is 29.8 Å². The van der Waals surface area contributed by atoms with Gasteiger partial charge in [0.15, 0.2) is 0 Å². The fourth-order valence-electron chi connectivity index (χ4n) is 1.95. The Morgan fingerprint density at radius 3 is 2.83 bits per heavy atom. The van der Waals surface area contributed by atoms with Gasteiger partial charge in [-0.25, -0.2) is 4.39 Å². The van der Waals surface area contributed by atoms with Gasteiger partial charge < -0.3 is 10.1 Å². The fraction of sp³-hybridized carbons (Fsp3) is 0.235. The lowest BCUT2D eigenvalue weighted by Gasteiger charge is -2.09. The van der Waals surface area contributed by atoms with Crippen molar-refractivity contribution in [3.63, 3.8) is 0 Å². The van der Waals surface area contributed by atoms with Crippen LogP contribution >= 0.6 is 27.7 Å². The summed E-state index contributed by atoms with van der Waals surface area (Å²) in [6, 6.07) is 11.9. The molecule has 2 aromatic rings. The van der Waals surface area contributed by atoms with E-state index in [4.69, 9.17) is 4.74 Å². The van der Waals surface area contributed by atoms with E-state index in [9.17, 15) is 9.18 Å². The van der Waals surface area contributed by atoms with Crippen LogP contribution in [-0.4, -0.2) is 18.8 Å². The van der Waals surface area contributed by atoms with Crippen LogP contribution in [0.5, 0.6) is 5.75 Å². The molecule has 0 aliphatic heterocycles. The summed E-state index contributed by atoms with van der Waals surface area (Å²) in [7, 11) is 1.57. The first-order valence-corrected chi connectivity index (χ1v) is 8.99. The molecule has 0 radical (unpaired) electrons. The molecule has 0 saturated carbocycles. The summed E-state index contributed by atoms with van der Waals surface area (Å²) in [5.74, 6) is 1.74. The molecule has 1 N–H and O–H groups in total. The van der Waals surface area contributed by atoms with E-state index in [-0.39, 0.29) is 11.7 Å². The van der Waals surface area contributed by atoms with E-state index in [1.54, 1.807) is 37.1 Å². The van der Waals surface area contributed by atoms with Crippen LogP contribution in [0.25, 0.3) is 0 Å². The maximum Gasteiger partial charge on any atom is 0.225 e. The Morgan fingerprint density at radius 1 is 1.30 bits per heavy atom. The summed E-state index contributed by atoms with van der Waals surface area (Å²) in [4.78, 5) is 12.0. The zero-order chi connectivity index (χ0) is 16.7. The number of hydrogen-bond donors (Lipinski definition) is 1. The second-order valence-corrected chi connectivity index (χ2v) is 6.75. The lowest BCUT2D eigenvalue weighted by atomic mass is 10.2. The Kier molecular flexibility index (Phi) is 6.92. The quantitative estimate of drug-likeness (QED) is 0.677. The number of carbonyl (C=O) groups excluding carboxylic acids is 1. The van der Waals surface area contributed by atoms with Gasteiger partial charge in [0.1, 0.15) is 11.6 Å². The summed E-state index contributed by atoms with van der Waals surface area (Å²) in [5, 5.41) is 2.84. The van der Waals surface area contributed by atoms with Crippen LogP contribution in [0.15, 0.2) is 46.9 Å². The number of hydrogen-bond acceptors (Lipinski definition) is 3. The molecular formula is C17H17BrFNO2S. The minimum absolute atomic E-state index is 0.0554. The largest absolute Gasteiger partial charge is 0.495 e. The van der Waals surface area contributed by atoms with Crippen molar-refractivity contribution >= 4 is 39.3 Å². The maximum atomic E-state index is 13.0. The molecule has 0 bridgehead atoms. The number of carbonyl (C=O) groups is 1. The van der Waals surface area contributed by atoms with Crippen molar-refractivity contribution in [1.82, 2.24) is 0 Å². The molecule has 122 valence electrons. The van der Waals surface area contributed by atoms with Crippen molar-refractivity contribution < 1.29 is 13.9 Å². The highest BCUT2D eigenvalue weighted by Crippen LogP contribution is 2.25. The van der Waals surface area contributed by atoms with Crippen molar-refractivity contribution in [2.24, 2.45) is 0 Å². The normalized spacial score (nSPS) is 10.4. The Morgan fingerprint density at radius 2 is 2.09 bits per heavy atom. The minimum Gasteiger partial charge on any atom is -0.495 e. The third-order valence-electron chi connectivity index (χ3n) is 3.13. The minimum atomic E-state index is -0.262. The van der Waals surface area contributed by atoms with E-state index >= 15 is 0 Å². The number of amides is 1. The van der Waals surface area contributed by atoms with Gasteiger partial charge in [-0.2, -0.15) is 11.8 Å². The monoisotopic (exact) mass is 397 g/mol. The number of thioether (sulfide) groups is 1. The summed E-state index contributed by atoms with van der Waals surface area (Å²) >= 11 is 4.97. The summed E-state index contributed by atoms with van der Waals surface area (Å²) in [6.45, 7) is 0. The van der Waals surface area contributed by atoms with Crippen molar-refractivity contribution in [2.45, 2.75) is 12.2 Å². The standard InChI is InChI=1S/C17H17BrFNO2S/c1-22-16-5-3-2-4-15(16)20-17(21)8-9-23-11-12-6-7-13(19)10-14(12)18/h2-7,10H,8-9,11H2,1H3,(H,20,21). The molecule has 0 aromatic heterocycles. The van der Waals surface area contributed by atoms with Crippen LogP contribution < -0.4 is 10.1 Å². The lowest BCUT2D eigenvalue weighted by Crippen LogP contribution is -2.12. The van der Waals surface area contributed by atoms with Gasteiger partial charge in [0, 0.05) is 22.4 Å². The highest BCUT2D eigenvalue weighted by atomic mass is 79.9. The van der Waals surface area contributed by atoms with Gasteiger partial charge in [-0.1, -0.05) is 34.1 Å². The third-order valence-corrected chi connectivity index (χ3v) is 4.87. The molecule has 0 atom stereocenters. The van der Waals surface area contributed by atoms with Gasteiger partial charge >= 0.3 is 0 Å². The van der Waals surface area contributed by atoms with E-state index in [0.717, 1.165) is 15.8 Å². The highest BCUT2D eigenvalue weighted by molar-refractivity contribution is 9.10. The number of rotatable bonds is 7. The van der Waals surface area contributed by atoms with Gasteiger partial charge in [-0.3, -0.25) is 4.79 Å². The number of anilines is 1. The fourth-order valence-corrected chi connectivity index (χ4v) is 3.57. The van der Waals surface area contributed by atoms with Crippen LogP contribution in [0.4, 0.5) is 10.1 Å². The second kappa shape index (κ2) is 8.93. The molecule has 0 spiro atoms. The summed E-state index contributed by atoms with van der Waals surface area (Å²) < 4.78 is 19.0. The maximum absolute atomic E-state index is 13.0. The molecule has 2 rings (SSSR count). The molecule has 1 amide bonds. The second-order valence-electron chi connectivity index (χ2n) is 4.79. The van der Waals surface area contributed by atoms with Crippen LogP contribution in [0.1, 0.15) is 12.0 Å². The van der Waals surface area contributed by atoms with Crippen molar-refractivity contribution in [3.05, 3.63) is 58.3 Å². The molecule has 0 aliphatic carbocycles. The predicted molar refractivity (Wildman–Crippen MR) is 96.5 cm³/mol. The molecule has 6 heteroatoms. The smallest absolute Gasteiger partial charge is 0.225 e. The van der Waals surface area contributed by atoms with E-state index in [1.165, 1.54) is 12.1 Å². The van der Waals surface area contributed by atoms with Crippen LogP contribution in [0.2, 0.25) is 0 Å². The number of ether oxygens (including phenoxy) is 1. The number of halogens is 2. The molecule has 0 saturated heterocycles. The van der Waals surface area contributed by atoms with Crippen LogP contribution in [0, 0.1) is 5.82 Å². The molecule has 0 unspecified atom stereocenters. The van der Waals surface area contributed by atoms with Gasteiger partial charge in [-0.15, -0.1) is 0 Å². The van der Waals surface area contributed by atoms with E-state index < -0.39 is 0 Å². The number of methoxy groups -OCH3 is 1. The topological polar surface area (TPSA) is 38.3 Å². The Labute approximate surface area is 147 Å². The van der Waals surface area contributed by atoms with E-state index in [1.807, 2.05) is 12.1 Å². The SMILES string of the molecule is COc1ccccc1NC(=O)CCSCc1ccc(F)cc1Br.